The van der Waals surface area contributed by atoms with Crippen molar-refractivity contribution in [1.29, 1.82) is 5.26 Å². The minimum atomic E-state index is -0.480. The van der Waals surface area contributed by atoms with E-state index in [1.165, 1.54) is 22.8 Å². The first-order valence-electron chi connectivity index (χ1n) is 9.18. The molecule has 0 bridgehead atoms. The zero-order valence-electron chi connectivity index (χ0n) is 16.0. The number of benzene rings is 1. The number of nitriles is 1. The molecule has 1 aliphatic rings. The molecule has 0 saturated heterocycles. The zero-order valence-corrected chi connectivity index (χ0v) is 16.0. The first-order chi connectivity index (χ1) is 14.6. The lowest BCUT2D eigenvalue weighted by Crippen LogP contribution is -2.16. The van der Waals surface area contributed by atoms with Crippen molar-refractivity contribution in [1.82, 2.24) is 14.6 Å². The second-order valence-electron chi connectivity index (χ2n) is 6.38. The Kier molecular flexibility index (Phi) is 5.21. The molecule has 0 fully saturated rings. The minimum Gasteiger partial charge on any atom is -0.486 e. The van der Waals surface area contributed by atoms with Crippen molar-refractivity contribution in [3.05, 3.63) is 30.2 Å². The SMILES string of the molecule is CNc1cc(Nc2cc(F)cc3c2OCCO3)nc2c(NC(=O)CCC#N)cnn12. The van der Waals surface area contributed by atoms with E-state index in [0.29, 0.717) is 53.4 Å². The smallest absolute Gasteiger partial charge is 0.225 e. The van der Waals surface area contributed by atoms with Crippen molar-refractivity contribution in [2.24, 2.45) is 0 Å². The summed E-state index contributed by atoms with van der Waals surface area (Å²) in [5.41, 5.74) is 1.12. The number of amides is 1. The number of nitrogens with one attached hydrogen (secondary N) is 3. The number of carbonyl (C=O) groups is 1. The van der Waals surface area contributed by atoms with Crippen molar-refractivity contribution in [3.8, 4) is 17.6 Å². The molecule has 0 unspecified atom stereocenters. The standard InChI is InChI=1S/C19H18FN7O3/c1-22-16-9-15(24-12-7-11(20)8-14-18(12)30-6-5-29-14)26-19-13(10-23-27(16)19)25-17(28)3-2-4-21/h7-10,22H,2-3,5-6H2,1H3,(H,24,26)(H,25,28). The second-order valence-corrected chi connectivity index (χ2v) is 6.38. The van der Waals surface area contributed by atoms with Gasteiger partial charge in [-0.3, -0.25) is 4.79 Å². The fourth-order valence-corrected chi connectivity index (χ4v) is 3.03. The van der Waals surface area contributed by atoms with Gasteiger partial charge < -0.3 is 25.4 Å². The molecule has 0 atom stereocenters. The van der Waals surface area contributed by atoms with Crippen LogP contribution in [-0.4, -0.2) is 40.8 Å². The summed E-state index contributed by atoms with van der Waals surface area (Å²) in [6, 6.07) is 6.17. The van der Waals surface area contributed by atoms with E-state index < -0.39 is 5.82 Å². The normalized spacial score (nSPS) is 12.3. The second kappa shape index (κ2) is 8.12. The Morgan fingerprint density at radius 2 is 2.13 bits per heavy atom. The average Bonchev–Trinajstić information content (AvgIpc) is 3.14. The van der Waals surface area contributed by atoms with Crippen molar-refractivity contribution in [2.45, 2.75) is 12.8 Å². The summed E-state index contributed by atoms with van der Waals surface area (Å²) < 4.78 is 26.6. The van der Waals surface area contributed by atoms with Crippen LogP contribution in [0.2, 0.25) is 0 Å². The van der Waals surface area contributed by atoms with Gasteiger partial charge in [-0.1, -0.05) is 0 Å². The number of carbonyl (C=O) groups excluding carboxylic acids is 1. The monoisotopic (exact) mass is 411 g/mol. The van der Waals surface area contributed by atoms with Crippen LogP contribution in [0.4, 0.5) is 27.4 Å². The Morgan fingerprint density at radius 1 is 1.30 bits per heavy atom. The number of hydrogen-bond donors (Lipinski definition) is 3. The van der Waals surface area contributed by atoms with E-state index >= 15 is 0 Å². The molecule has 1 aromatic carbocycles. The molecule has 154 valence electrons. The van der Waals surface area contributed by atoms with Gasteiger partial charge in [0, 0.05) is 38.1 Å². The number of aromatic nitrogens is 3. The van der Waals surface area contributed by atoms with Crippen LogP contribution in [0, 0.1) is 17.1 Å². The lowest BCUT2D eigenvalue weighted by Gasteiger charge is -2.21. The molecule has 0 spiro atoms. The molecule has 3 aromatic rings. The highest BCUT2D eigenvalue weighted by atomic mass is 19.1. The maximum absolute atomic E-state index is 14.0. The lowest BCUT2D eigenvalue weighted by atomic mass is 10.2. The third-order valence-corrected chi connectivity index (χ3v) is 4.34. The van der Waals surface area contributed by atoms with Crippen LogP contribution >= 0.6 is 0 Å². The predicted octanol–water partition coefficient (Wildman–Crippen LogP) is 2.67. The average molecular weight is 411 g/mol. The summed E-state index contributed by atoms with van der Waals surface area (Å²) in [6.45, 7) is 0.692. The van der Waals surface area contributed by atoms with E-state index in [-0.39, 0.29) is 18.7 Å². The maximum atomic E-state index is 14.0. The third kappa shape index (κ3) is 3.75. The van der Waals surface area contributed by atoms with Crippen LogP contribution in [0.25, 0.3) is 5.65 Å². The Morgan fingerprint density at radius 3 is 2.93 bits per heavy atom. The Labute approximate surface area is 170 Å². The van der Waals surface area contributed by atoms with Crippen LogP contribution in [0.15, 0.2) is 24.4 Å². The van der Waals surface area contributed by atoms with Gasteiger partial charge in [0.2, 0.25) is 5.91 Å². The molecule has 0 saturated carbocycles. The van der Waals surface area contributed by atoms with Gasteiger partial charge in [-0.25, -0.2) is 9.37 Å². The van der Waals surface area contributed by atoms with Crippen molar-refractivity contribution >= 4 is 34.6 Å². The number of ether oxygens (including phenoxy) is 2. The number of anilines is 4. The number of rotatable bonds is 6. The molecule has 4 rings (SSSR count). The van der Waals surface area contributed by atoms with Crippen molar-refractivity contribution < 1.29 is 18.7 Å². The summed E-state index contributed by atoms with van der Waals surface area (Å²) in [4.78, 5) is 16.5. The van der Waals surface area contributed by atoms with Crippen LogP contribution in [0.3, 0.4) is 0 Å². The van der Waals surface area contributed by atoms with Crippen LogP contribution in [-0.2, 0) is 4.79 Å². The van der Waals surface area contributed by atoms with E-state index in [1.807, 2.05) is 6.07 Å². The van der Waals surface area contributed by atoms with E-state index in [2.05, 4.69) is 26.0 Å². The van der Waals surface area contributed by atoms with E-state index in [0.717, 1.165) is 0 Å². The first kappa shape index (κ1) is 19.3. The fraction of sp³-hybridized carbons (Fsp3) is 0.263. The minimum absolute atomic E-state index is 0.0669. The molecule has 2 aromatic heterocycles. The van der Waals surface area contributed by atoms with Gasteiger partial charge in [0.05, 0.1) is 18.0 Å². The van der Waals surface area contributed by atoms with Gasteiger partial charge in [0.25, 0.3) is 0 Å². The highest BCUT2D eigenvalue weighted by Crippen LogP contribution is 2.40. The fourth-order valence-electron chi connectivity index (χ4n) is 3.03. The largest absolute Gasteiger partial charge is 0.486 e. The topological polar surface area (TPSA) is 126 Å². The van der Waals surface area contributed by atoms with Crippen molar-refractivity contribution in [3.63, 3.8) is 0 Å². The molecule has 10 nitrogen and oxygen atoms in total. The lowest BCUT2D eigenvalue weighted by molar-refractivity contribution is -0.116. The highest BCUT2D eigenvalue weighted by Gasteiger charge is 2.20. The van der Waals surface area contributed by atoms with Crippen LogP contribution < -0.4 is 25.4 Å². The van der Waals surface area contributed by atoms with E-state index in [4.69, 9.17) is 14.7 Å². The Balaban J connectivity index is 1.70. The Bertz CT molecular complexity index is 1160. The van der Waals surface area contributed by atoms with Gasteiger partial charge in [0.1, 0.15) is 36.4 Å². The molecular formula is C19H18FN7O3. The predicted molar refractivity (Wildman–Crippen MR) is 107 cm³/mol. The van der Waals surface area contributed by atoms with Gasteiger partial charge >= 0.3 is 0 Å². The number of halogens is 1. The molecule has 1 amide bonds. The quantitative estimate of drug-likeness (QED) is 0.565. The van der Waals surface area contributed by atoms with Gasteiger partial charge in [-0.2, -0.15) is 14.9 Å². The van der Waals surface area contributed by atoms with E-state index in [9.17, 15) is 9.18 Å². The molecule has 0 aliphatic carbocycles. The highest BCUT2D eigenvalue weighted by molar-refractivity contribution is 5.94. The molecule has 1 aliphatic heterocycles. The number of fused-ring (bicyclic) bond motifs is 2. The molecule has 30 heavy (non-hydrogen) atoms. The molecule has 3 N–H and O–H groups in total. The molecule has 0 radical (unpaired) electrons. The molecule has 3 heterocycles. The summed E-state index contributed by atoms with van der Waals surface area (Å²) in [6.07, 6.45) is 1.65. The third-order valence-electron chi connectivity index (χ3n) is 4.34. The van der Waals surface area contributed by atoms with Crippen LogP contribution in [0.5, 0.6) is 11.5 Å². The summed E-state index contributed by atoms with van der Waals surface area (Å²) in [5.74, 6) is 0.875. The molecule has 11 heteroatoms. The number of hydrogen-bond acceptors (Lipinski definition) is 8. The summed E-state index contributed by atoms with van der Waals surface area (Å²) in [5, 5.41) is 21.6. The summed E-state index contributed by atoms with van der Waals surface area (Å²) >= 11 is 0. The van der Waals surface area contributed by atoms with Crippen LogP contribution in [0.1, 0.15) is 12.8 Å². The van der Waals surface area contributed by atoms with Gasteiger partial charge in [-0.05, 0) is 0 Å². The van der Waals surface area contributed by atoms with Crippen molar-refractivity contribution in [2.75, 3.05) is 36.2 Å². The summed E-state index contributed by atoms with van der Waals surface area (Å²) in [7, 11) is 1.71. The van der Waals surface area contributed by atoms with Gasteiger partial charge in [-0.15, -0.1) is 0 Å². The zero-order chi connectivity index (χ0) is 21.1. The maximum Gasteiger partial charge on any atom is 0.225 e. The number of nitrogens with zero attached hydrogens (tertiary/aromatic N) is 4. The first-order valence-corrected chi connectivity index (χ1v) is 9.18. The Hall–Kier alpha value is -4.07. The van der Waals surface area contributed by atoms with Gasteiger partial charge in [0.15, 0.2) is 17.1 Å². The van der Waals surface area contributed by atoms with E-state index in [1.54, 1.807) is 13.1 Å². The molecular weight excluding hydrogens is 393 g/mol.